The van der Waals surface area contributed by atoms with E-state index in [0.717, 1.165) is 25.9 Å². The minimum absolute atomic E-state index is 0.0254. The zero-order chi connectivity index (χ0) is 20.7. The van der Waals surface area contributed by atoms with Crippen LogP contribution in [0.2, 0.25) is 0 Å². The Hall–Kier alpha value is -1.34. The summed E-state index contributed by atoms with van der Waals surface area (Å²) in [6.45, 7) is 6.87. The Kier molecular flexibility index (Phi) is 8.18. The molecule has 3 rings (SSSR count). The summed E-state index contributed by atoms with van der Waals surface area (Å²) in [6, 6.07) is 8.68. The first-order valence-corrected chi connectivity index (χ1v) is 11.3. The van der Waals surface area contributed by atoms with Crippen molar-refractivity contribution in [3.05, 3.63) is 35.9 Å². The number of carbonyl (C=O) groups excluding carboxylic acids is 1. The number of benzene rings is 1. The minimum Gasteiger partial charge on any atom is -0.329 e. The second-order valence-corrected chi connectivity index (χ2v) is 8.52. The van der Waals surface area contributed by atoms with E-state index in [9.17, 15) is 4.79 Å². The summed E-state index contributed by atoms with van der Waals surface area (Å²) >= 11 is 0. The average molecular weight is 405 g/mol. The van der Waals surface area contributed by atoms with Crippen molar-refractivity contribution in [2.45, 2.75) is 63.3 Å². The second kappa shape index (κ2) is 10.6. The van der Waals surface area contributed by atoms with E-state index in [1.807, 2.05) is 30.0 Å². The third-order valence-electron chi connectivity index (χ3n) is 6.79. The fourth-order valence-electron chi connectivity index (χ4n) is 4.91. The van der Waals surface area contributed by atoms with Crippen molar-refractivity contribution in [2.75, 3.05) is 39.3 Å². The van der Waals surface area contributed by atoms with Gasteiger partial charge in [0.1, 0.15) is 0 Å². The minimum atomic E-state index is -1.12. The number of nitrogens with one attached hydrogen (secondary N) is 1. The number of hydrogen-bond donors (Lipinski definition) is 2. The lowest BCUT2D eigenvalue weighted by Gasteiger charge is -2.50. The lowest BCUT2D eigenvalue weighted by atomic mass is 9.84. The molecular formula is C23H37FN4O. The quantitative estimate of drug-likeness (QED) is 0.490. The largest absolute Gasteiger partial charge is 0.329 e. The third-order valence-corrected chi connectivity index (χ3v) is 6.79. The molecule has 1 aromatic rings. The molecule has 162 valence electrons. The van der Waals surface area contributed by atoms with E-state index in [2.05, 4.69) is 10.2 Å². The molecule has 1 aromatic carbocycles. The van der Waals surface area contributed by atoms with Gasteiger partial charge in [-0.1, -0.05) is 43.7 Å². The molecule has 2 saturated heterocycles. The maximum Gasteiger partial charge on any atom is 0.179 e. The van der Waals surface area contributed by atoms with Crippen LogP contribution in [0.15, 0.2) is 30.3 Å². The molecule has 2 heterocycles. The summed E-state index contributed by atoms with van der Waals surface area (Å²) in [5.41, 5.74) is 6.87. The van der Waals surface area contributed by atoms with Crippen molar-refractivity contribution >= 4 is 5.78 Å². The number of nitrogens with zero attached hydrogens (tertiary/aromatic N) is 2. The SMILES string of the molecule is CCNC(CC(F)N1CCC(CN)(N2CCCCC2)CC1)C(=O)c1ccccc1. The number of likely N-dealkylation sites (N-methyl/N-ethyl adjacent to an activating group) is 1. The molecule has 2 unspecified atom stereocenters. The molecule has 0 aromatic heterocycles. The van der Waals surface area contributed by atoms with Gasteiger partial charge in [0.15, 0.2) is 12.1 Å². The van der Waals surface area contributed by atoms with Crippen molar-refractivity contribution in [1.82, 2.24) is 15.1 Å². The summed E-state index contributed by atoms with van der Waals surface area (Å²) in [7, 11) is 0. The van der Waals surface area contributed by atoms with Crippen molar-refractivity contribution in [3.63, 3.8) is 0 Å². The average Bonchev–Trinajstić information content (AvgIpc) is 2.79. The Balaban J connectivity index is 1.58. The van der Waals surface area contributed by atoms with E-state index in [1.54, 1.807) is 12.1 Å². The highest BCUT2D eigenvalue weighted by atomic mass is 19.1. The fraction of sp³-hybridized carbons (Fsp3) is 0.696. The molecule has 2 fully saturated rings. The first-order chi connectivity index (χ1) is 14.1. The van der Waals surface area contributed by atoms with Gasteiger partial charge in [-0.15, -0.1) is 0 Å². The number of halogens is 1. The van der Waals surface area contributed by atoms with Crippen LogP contribution in [0, 0.1) is 0 Å². The summed E-state index contributed by atoms with van der Waals surface area (Å²) in [6.07, 6.45) is 4.65. The molecule has 0 bridgehead atoms. The topological polar surface area (TPSA) is 61.6 Å². The van der Waals surface area contributed by atoms with Crippen molar-refractivity contribution < 1.29 is 9.18 Å². The number of alkyl halides is 1. The molecule has 0 saturated carbocycles. The van der Waals surface area contributed by atoms with E-state index >= 15 is 4.39 Å². The van der Waals surface area contributed by atoms with Crippen LogP contribution in [-0.4, -0.2) is 72.7 Å². The highest BCUT2D eigenvalue weighted by molar-refractivity contribution is 6.00. The van der Waals surface area contributed by atoms with Crippen LogP contribution in [0.5, 0.6) is 0 Å². The van der Waals surface area contributed by atoms with Gasteiger partial charge < -0.3 is 11.1 Å². The molecule has 0 aliphatic carbocycles. The smallest absolute Gasteiger partial charge is 0.179 e. The van der Waals surface area contributed by atoms with Gasteiger partial charge >= 0.3 is 0 Å². The normalized spacial score (nSPS) is 22.9. The monoisotopic (exact) mass is 404 g/mol. The second-order valence-electron chi connectivity index (χ2n) is 8.52. The number of hydrogen-bond acceptors (Lipinski definition) is 5. The number of nitrogens with two attached hydrogens (primary N) is 1. The highest BCUT2D eigenvalue weighted by Gasteiger charge is 2.41. The van der Waals surface area contributed by atoms with E-state index in [4.69, 9.17) is 5.73 Å². The molecule has 0 amide bonds. The lowest BCUT2D eigenvalue weighted by molar-refractivity contribution is -0.0257. The number of rotatable bonds is 9. The molecule has 2 atom stereocenters. The van der Waals surface area contributed by atoms with Crippen LogP contribution in [0.1, 0.15) is 55.8 Å². The van der Waals surface area contributed by atoms with E-state index in [1.165, 1.54) is 19.3 Å². The predicted octanol–water partition coefficient (Wildman–Crippen LogP) is 2.81. The van der Waals surface area contributed by atoms with Crippen LogP contribution in [0.3, 0.4) is 0 Å². The van der Waals surface area contributed by atoms with Crippen LogP contribution < -0.4 is 11.1 Å². The Morgan fingerprint density at radius 2 is 1.79 bits per heavy atom. The summed E-state index contributed by atoms with van der Waals surface area (Å²) in [4.78, 5) is 17.3. The van der Waals surface area contributed by atoms with Crippen LogP contribution in [0.25, 0.3) is 0 Å². The number of ketones is 1. The van der Waals surface area contributed by atoms with E-state index in [-0.39, 0.29) is 17.7 Å². The van der Waals surface area contributed by atoms with Gasteiger partial charge in [-0.05, 0) is 45.3 Å². The standard InChI is InChI=1S/C23H37FN4O/c1-2-26-20(22(29)19-9-5-3-6-10-19)17-21(24)27-15-11-23(18-25,12-16-27)28-13-7-4-8-14-28/h3,5-6,9-10,20-21,26H,2,4,7-8,11-18,25H2,1H3. The van der Waals surface area contributed by atoms with Crippen LogP contribution in [-0.2, 0) is 0 Å². The van der Waals surface area contributed by atoms with Gasteiger partial charge in [0.2, 0.25) is 0 Å². The summed E-state index contributed by atoms with van der Waals surface area (Å²) < 4.78 is 15.2. The molecule has 6 heteroatoms. The van der Waals surface area contributed by atoms with E-state index < -0.39 is 12.3 Å². The van der Waals surface area contributed by atoms with Gasteiger partial charge in [0.25, 0.3) is 0 Å². The molecule has 0 spiro atoms. The third kappa shape index (κ3) is 5.43. The summed E-state index contributed by atoms with van der Waals surface area (Å²) in [5.74, 6) is -0.0308. The fourth-order valence-corrected chi connectivity index (χ4v) is 4.91. The first kappa shape index (κ1) is 22.3. The van der Waals surface area contributed by atoms with Gasteiger partial charge in [-0.25, -0.2) is 4.39 Å². The molecule has 0 radical (unpaired) electrons. The summed E-state index contributed by atoms with van der Waals surface area (Å²) in [5, 5.41) is 3.19. The van der Waals surface area contributed by atoms with Gasteiger partial charge in [-0.3, -0.25) is 14.6 Å². The molecule has 5 nitrogen and oxygen atoms in total. The van der Waals surface area contributed by atoms with Crippen molar-refractivity contribution in [3.8, 4) is 0 Å². The molecule has 3 N–H and O–H groups in total. The predicted molar refractivity (Wildman–Crippen MR) is 116 cm³/mol. The van der Waals surface area contributed by atoms with E-state index in [0.29, 0.717) is 31.7 Å². The van der Waals surface area contributed by atoms with Crippen molar-refractivity contribution in [1.29, 1.82) is 0 Å². The Morgan fingerprint density at radius 1 is 1.14 bits per heavy atom. The number of carbonyl (C=O) groups is 1. The number of piperidine rings is 2. The molecule has 2 aliphatic rings. The van der Waals surface area contributed by atoms with Gasteiger partial charge in [0, 0.05) is 37.2 Å². The van der Waals surface area contributed by atoms with Crippen LogP contribution >= 0.6 is 0 Å². The maximum absolute atomic E-state index is 15.2. The van der Waals surface area contributed by atoms with Gasteiger partial charge in [-0.2, -0.15) is 0 Å². The molecule has 29 heavy (non-hydrogen) atoms. The lowest BCUT2D eigenvalue weighted by Crippen LogP contribution is -2.61. The molecular weight excluding hydrogens is 367 g/mol. The first-order valence-electron chi connectivity index (χ1n) is 11.3. The zero-order valence-corrected chi connectivity index (χ0v) is 17.8. The Bertz CT molecular complexity index is 627. The number of Topliss-reactive ketones (excluding diaryl/α,β-unsaturated/α-hetero) is 1. The number of likely N-dealkylation sites (tertiary alicyclic amines) is 2. The van der Waals surface area contributed by atoms with Gasteiger partial charge in [0.05, 0.1) is 6.04 Å². The highest BCUT2D eigenvalue weighted by Crippen LogP contribution is 2.32. The van der Waals surface area contributed by atoms with Crippen LogP contribution in [0.4, 0.5) is 4.39 Å². The zero-order valence-electron chi connectivity index (χ0n) is 17.8. The molecule has 2 aliphatic heterocycles. The Morgan fingerprint density at radius 3 is 2.38 bits per heavy atom. The van der Waals surface area contributed by atoms with Crippen molar-refractivity contribution in [2.24, 2.45) is 5.73 Å². The maximum atomic E-state index is 15.2. The Labute approximate surface area is 174 Å².